The van der Waals surface area contributed by atoms with Crippen LogP contribution in [0.4, 0.5) is 23.2 Å². The quantitative estimate of drug-likeness (QED) is 0.512. The summed E-state index contributed by atoms with van der Waals surface area (Å²) in [7, 11) is 2.66. The number of hydrogen-bond acceptors (Lipinski definition) is 5. The number of amides is 1. The van der Waals surface area contributed by atoms with Crippen LogP contribution in [0.15, 0.2) is 53.6 Å². The van der Waals surface area contributed by atoms with Crippen LogP contribution in [-0.2, 0) is 21.2 Å². The zero-order chi connectivity index (χ0) is 23.5. The third-order valence-electron chi connectivity index (χ3n) is 5.50. The Labute approximate surface area is 182 Å². The molecule has 0 spiro atoms. The first kappa shape index (κ1) is 23.7. The molecular formula is C22H23F4N3O3. The van der Waals surface area contributed by atoms with E-state index in [0.717, 1.165) is 16.1 Å². The minimum Gasteiger partial charge on any atom is -0.396 e. The topological polar surface area (TPSA) is 65.4 Å². The van der Waals surface area contributed by atoms with E-state index in [-0.39, 0.29) is 31.7 Å². The van der Waals surface area contributed by atoms with Crippen LogP contribution in [0.5, 0.6) is 0 Å². The Morgan fingerprint density at radius 3 is 2.53 bits per heavy atom. The zero-order valence-corrected chi connectivity index (χ0v) is 17.6. The number of anilines is 1. The molecule has 2 aromatic rings. The molecule has 1 unspecified atom stereocenters. The van der Waals surface area contributed by atoms with Crippen molar-refractivity contribution in [3.8, 4) is 0 Å². The molecule has 0 aliphatic carbocycles. The first-order valence-electron chi connectivity index (χ1n) is 9.86. The highest BCUT2D eigenvalue weighted by atomic mass is 19.4. The van der Waals surface area contributed by atoms with Crippen molar-refractivity contribution in [2.24, 2.45) is 5.10 Å². The van der Waals surface area contributed by atoms with Gasteiger partial charge in [0.2, 0.25) is 0 Å². The largest absolute Gasteiger partial charge is 0.416 e. The second-order valence-corrected chi connectivity index (χ2v) is 7.43. The molecule has 1 aliphatic heterocycles. The molecule has 6 nitrogen and oxygen atoms in total. The maximum atomic E-state index is 14.6. The Kier molecular flexibility index (Phi) is 6.85. The van der Waals surface area contributed by atoms with Crippen molar-refractivity contribution in [1.82, 2.24) is 5.06 Å². The minimum absolute atomic E-state index is 0.0155. The molecule has 0 bridgehead atoms. The Hall–Kier alpha value is -2.98. The van der Waals surface area contributed by atoms with E-state index in [1.54, 1.807) is 30.3 Å². The number of alkyl halides is 3. The highest BCUT2D eigenvalue weighted by molar-refractivity contribution is 6.43. The molecule has 32 heavy (non-hydrogen) atoms. The molecule has 0 aromatic heterocycles. The molecule has 0 radical (unpaired) electrons. The van der Waals surface area contributed by atoms with Gasteiger partial charge in [0.25, 0.3) is 5.91 Å². The molecule has 1 aliphatic rings. The van der Waals surface area contributed by atoms with Crippen molar-refractivity contribution >= 4 is 17.3 Å². The average Bonchev–Trinajstić information content (AvgIpc) is 3.17. The Balaban J connectivity index is 2.18. The van der Waals surface area contributed by atoms with Crippen LogP contribution in [0.3, 0.4) is 0 Å². The lowest BCUT2D eigenvalue weighted by Crippen LogP contribution is -2.46. The molecule has 1 amide bonds. The molecule has 0 fully saturated rings. The van der Waals surface area contributed by atoms with Gasteiger partial charge in [-0.1, -0.05) is 30.3 Å². The summed E-state index contributed by atoms with van der Waals surface area (Å²) in [5.74, 6) is -1.52. The van der Waals surface area contributed by atoms with Gasteiger partial charge >= 0.3 is 6.18 Å². The van der Waals surface area contributed by atoms with Crippen LogP contribution in [-0.4, -0.2) is 49.1 Å². The molecule has 10 heteroatoms. The van der Waals surface area contributed by atoms with Crippen molar-refractivity contribution in [3.05, 3.63) is 65.5 Å². The van der Waals surface area contributed by atoms with Crippen molar-refractivity contribution < 1.29 is 32.3 Å². The number of aliphatic hydroxyl groups excluding tert-OH is 1. The van der Waals surface area contributed by atoms with E-state index >= 15 is 0 Å². The highest BCUT2D eigenvalue weighted by Crippen LogP contribution is 2.41. The van der Waals surface area contributed by atoms with Crippen molar-refractivity contribution in [2.45, 2.75) is 24.4 Å². The number of nitrogens with zero attached hydrogens (tertiary/aromatic N) is 3. The SMILES string of the molecule is CON(C)C(=O)C1=NN(c2cc(C(F)(F)F)ccc2F)CC1(CCCO)c1ccccc1. The molecule has 2 aromatic carbocycles. The van der Waals surface area contributed by atoms with Gasteiger partial charge in [-0.15, -0.1) is 0 Å². The van der Waals surface area contributed by atoms with Crippen molar-refractivity contribution in [1.29, 1.82) is 0 Å². The first-order valence-corrected chi connectivity index (χ1v) is 9.86. The molecule has 1 atom stereocenters. The molecule has 0 saturated carbocycles. The van der Waals surface area contributed by atoms with Gasteiger partial charge < -0.3 is 5.11 Å². The fourth-order valence-electron chi connectivity index (χ4n) is 3.80. The standard InChI is InChI=1S/C22H23F4N3O3/c1-28(32-2)20(31)19-21(11-6-12-30,15-7-4-3-5-8-15)14-29(27-19)18-13-16(22(24,25)26)9-10-17(18)23/h3-5,7-10,13,30H,6,11-12,14H2,1-2H3. The molecule has 172 valence electrons. The molecular weight excluding hydrogens is 430 g/mol. The van der Waals surface area contributed by atoms with Gasteiger partial charge in [0.15, 0.2) is 0 Å². The fraction of sp³-hybridized carbons (Fsp3) is 0.364. The summed E-state index contributed by atoms with van der Waals surface area (Å²) >= 11 is 0. The number of benzene rings is 2. The molecule has 1 N–H and O–H groups in total. The highest BCUT2D eigenvalue weighted by Gasteiger charge is 2.49. The summed E-state index contributed by atoms with van der Waals surface area (Å²) in [5.41, 5.74) is -1.88. The van der Waals surface area contributed by atoms with Crippen molar-refractivity contribution in [2.75, 3.05) is 32.3 Å². The van der Waals surface area contributed by atoms with Crippen LogP contribution in [0.1, 0.15) is 24.0 Å². The number of hydrogen-bond donors (Lipinski definition) is 1. The number of halogens is 4. The zero-order valence-electron chi connectivity index (χ0n) is 17.6. The number of hydroxylamine groups is 2. The maximum absolute atomic E-state index is 14.6. The predicted molar refractivity (Wildman–Crippen MR) is 110 cm³/mol. The summed E-state index contributed by atoms with van der Waals surface area (Å²) in [6.45, 7) is -0.262. The van der Waals surface area contributed by atoms with Gasteiger partial charge in [0.05, 0.1) is 30.3 Å². The number of aliphatic hydroxyl groups is 1. The fourth-order valence-corrected chi connectivity index (χ4v) is 3.80. The summed E-state index contributed by atoms with van der Waals surface area (Å²) in [4.78, 5) is 18.1. The van der Waals surface area contributed by atoms with Gasteiger partial charge in [-0.05, 0) is 36.6 Å². The van der Waals surface area contributed by atoms with Crippen molar-refractivity contribution in [3.63, 3.8) is 0 Å². The Morgan fingerprint density at radius 1 is 1.25 bits per heavy atom. The summed E-state index contributed by atoms with van der Waals surface area (Å²) in [6, 6.07) is 10.9. The average molecular weight is 453 g/mol. The number of carbonyl (C=O) groups excluding carboxylic acids is 1. The van der Waals surface area contributed by atoms with Gasteiger partial charge in [-0.3, -0.25) is 14.6 Å². The van der Waals surface area contributed by atoms with E-state index in [1.807, 2.05) is 0 Å². The van der Waals surface area contributed by atoms with Crippen LogP contribution in [0, 0.1) is 5.82 Å². The van der Waals surface area contributed by atoms with E-state index in [0.29, 0.717) is 17.7 Å². The van der Waals surface area contributed by atoms with E-state index in [2.05, 4.69) is 5.10 Å². The lowest BCUT2D eigenvalue weighted by molar-refractivity contribution is -0.160. The predicted octanol–water partition coefficient (Wildman–Crippen LogP) is 3.75. The van der Waals surface area contributed by atoms with Crippen LogP contribution < -0.4 is 5.01 Å². The second kappa shape index (κ2) is 9.25. The third-order valence-corrected chi connectivity index (χ3v) is 5.50. The van der Waals surface area contributed by atoms with E-state index in [1.165, 1.54) is 14.2 Å². The lowest BCUT2D eigenvalue weighted by atomic mass is 9.73. The monoisotopic (exact) mass is 453 g/mol. The Bertz CT molecular complexity index is 998. The number of hydrazone groups is 1. The van der Waals surface area contributed by atoms with E-state index in [4.69, 9.17) is 4.84 Å². The van der Waals surface area contributed by atoms with Gasteiger partial charge in [0.1, 0.15) is 11.5 Å². The van der Waals surface area contributed by atoms with Gasteiger partial charge in [-0.25, -0.2) is 9.45 Å². The smallest absolute Gasteiger partial charge is 0.396 e. The van der Waals surface area contributed by atoms with Crippen LogP contribution in [0.2, 0.25) is 0 Å². The Morgan fingerprint density at radius 2 is 1.94 bits per heavy atom. The normalized spacial score (nSPS) is 18.6. The summed E-state index contributed by atoms with van der Waals surface area (Å²) in [5, 5.41) is 15.8. The number of rotatable bonds is 7. The lowest BCUT2D eigenvalue weighted by Gasteiger charge is -2.32. The van der Waals surface area contributed by atoms with E-state index in [9.17, 15) is 27.5 Å². The summed E-state index contributed by atoms with van der Waals surface area (Å²) in [6.07, 6.45) is -4.13. The first-order chi connectivity index (χ1) is 15.1. The van der Waals surface area contributed by atoms with E-state index < -0.39 is 34.6 Å². The second-order valence-electron chi connectivity index (χ2n) is 7.43. The van der Waals surface area contributed by atoms with Gasteiger partial charge in [-0.2, -0.15) is 18.3 Å². The molecule has 0 saturated heterocycles. The molecule has 3 rings (SSSR count). The maximum Gasteiger partial charge on any atom is 0.416 e. The van der Waals surface area contributed by atoms with Crippen LogP contribution in [0.25, 0.3) is 0 Å². The molecule has 1 heterocycles. The minimum atomic E-state index is -4.67. The summed E-state index contributed by atoms with van der Waals surface area (Å²) < 4.78 is 54.4. The van der Waals surface area contributed by atoms with Gasteiger partial charge in [0, 0.05) is 13.7 Å². The van der Waals surface area contributed by atoms with Crippen LogP contribution >= 0.6 is 0 Å². The third kappa shape index (κ3) is 4.46. The number of carbonyl (C=O) groups is 1.